The van der Waals surface area contributed by atoms with Gasteiger partial charge in [-0.05, 0) is 10.4 Å². The molecular formula is C14H17N9O2S. The smallest absolute Gasteiger partial charge is 0.253 e. The number of aromatic nitrogens is 7. The van der Waals surface area contributed by atoms with Crippen LogP contribution in [0.2, 0.25) is 0 Å². The molecular weight excluding hydrogens is 358 g/mol. The van der Waals surface area contributed by atoms with Crippen LogP contribution in [0.15, 0.2) is 27.8 Å². The lowest BCUT2D eigenvalue weighted by molar-refractivity contribution is -0.117. The zero-order valence-electron chi connectivity index (χ0n) is 14.3. The standard InChI is InChI=1S/C14H17N9O2S/c1-3-12(24)18-26(2,25)11-8-16-22-7-6-21(9-10(11)22)13-14-17-19-20-23(14)5-4-15-13/h4-5,8H,3,6-7,9H2,1-2H3. The SMILES string of the molecule is CCC(=O)N=S(C)(=O)c1cnn2c1CN(c1nccn3nnnc13)CC2. The highest BCUT2D eigenvalue weighted by molar-refractivity contribution is 7.93. The third-order valence-corrected chi connectivity index (χ3v) is 5.93. The highest BCUT2D eigenvalue weighted by Gasteiger charge is 2.27. The summed E-state index contributed by atoms with van der Waals surface area (Å²) < 4.78 is 20.2. The number of carbonyl (C=O) groups is 1. The van der Waals surface area contributed by atoms with Gasteiger partial charge < -0.3 is 4.90 Å². The van der Waals surface area contributed by atoms with Gasteiger partial charge in [-0.15, -0.1) is 5.10 Å². The van der Waals surface area contributed by atoms with Crippen molar-refractivity contribution in [3.8, 4) is 0 Å². The van der Waals surface area contributed by atoms with Crippen molar-refractivity contribution in [2.75, 3.05) is 17.7 Å². The number of hydrogen-bond acceptors (Lipinski definition) is 8. The van der Waals surface area contributed by atoms with Crippen LogP contribution < -0.4 is 4.90 Å². The topological polar surface area (TPSA) is 124 Å². The van der Waals surface area contributed by atoms with Gasteiger partial charge in [0.2, 0.25) is 5.65 Å². The first-order valence-corrected chi connectivity index (χ1v) is 9.99. The fourth-order valence-corrected chi connectivity index (χ4v) is 4.38. The molecule has 0 spiro atoms. The highest BCUT2D eigenvalue weighted by atomic mass is 32.2. The second kappa shape index (κ2) is 6.12. The Morgan fingerprint density at radius 2 is 2.23 bits per heavy atom. The van der Waals surface area contributed by atoms with Crippen molar-refractivity contribution in [1.29, 1.82) is 0 Å². The Balaban J connectivity index is 1.75. The van der Waals surface area contributed by atoms with Crippen molar-refractivity contribution >= 4 is 27.1 Å². The van der Waals surface area contributed by atoms with Crippen molar-refractivity contribution in [1.82, 2.24) is 34.8 Å². The Kier molecular flexibility index (Phi) is 3.90. The normalized spacial score (nSPS) is 16.3. The highest BCUT2D eigenvalue weighted by Crippen LogP contribution is 2.26. The summed E-state index contributed by atoms with van der Waals surface area (Å²) in [5, 5.41) is 15.9. The molecule has 0 N–H and O–H groups in total. The average Bonchev–Trinajstić information content (AvgIpc) is 3.27. The van der Waals surface area contributed by atoms with Gasteiger partial charge in [0.1, 0.15) is 0 Å². The van der Waals surface area contributed by atoms with Gasteiger partial charge in [-0.25, -0.2) is 9.19 Å². The molecule has 0 fully saturated rings. The molecule has 3 aromatic rings. The number of nitrogens with zero attached hydrogens (tertiary/aromatic N) is 9. The van der Waals surface area contributed by atoms with E-state index in [0.717, 1.165) is 5.69 Å². The Labute approximate surface area is 149 Å². The van der Waals surface area contributed by atoms with E-state index in [9.17, 15) is 9.00 Å². The summed E-state index contributed by atoms with van der Waals surface area (Å²) in [4.78, 5) is 18.6. The second-order valence-electron chi connectivity index (χ2n) is 5.94. The fraction of sp³-hybridized carbons (Fsp3) is 0.429. The molecule has 4 heterocycles. The first-order chi connectivity index (χ1) is 12.5. The number of rotatable bonds is 3. The number of tetrazole rings is 1. The van der Waals surface area contributed by atoms with Gasteiger partial charge in [0.15, 0.2) is 5.82 Å². The van der Waals surface area contributed by atoms with E-state index in [1.54, 1.807) is 34.7 Å². The maximum atomic E-state index is 13.0. The molecule has 0 saturated heterocycles. The summed E-state index contributed by atoms with van der Waals surface area (Å²) in [5.41, 5.74) is 1.30. The Morgan fingerprint density at radius 1 is 1.38 bits per heavy atom. The first-order valence-electron chi connectivity index (χ1n) is 8.07. The third kappa shape index (κ3) is 2.71. The minimum absolute atomic E-state index is 0.215. The van der Waals surface area contributed by atoms with Gasteiger partial charge in [-0.1, -0.05) is 6.92 Å². The number of carbonyl (C=O) groups excluding carboxylic acids is 1. The van der Waals surface area contributed by atoms with Crippen LogP contribution in [-0.4, -0.2) is 57.7 Å². The molecule has 0 aliphatic carbocycles. The van der Waals surface area contributed by atoms with Crippen LogP contribution >= 0.6 is 0 Å². The summed E-state index contributed by atoms with van der Waals surface area (Å²) in [6.45, 7) is 3.37. The minimum Gasteiger partial charge on any atom is -0.346 e. The summed E-state index contributed by atoms with van der Waals surface area (Å²) in [7, 11) is -2.86. The lowest BCUT2D eigenvalue weighted by Gasteiger charge is -2.29. The van der Waals surface area contributed by atoms with Crippen LogP contribution in [0.5, 0.6) is 0 Å². The number of fused-ring (bicyclic) bond motifs is 2. The average molecular weight is 375 g/mol. The molecule has 12 heteroatoms. The predicted octanol–water partition coefficient (Wildman–Crippen LogP) is 0.129. The summed E-state index contributed by atoms with van der Waals surface area (Å²) in [6.07, 6.45) is 6.53. The zero-order valence-corrected chi connectivity index (χ0v) is 15.1. The largest absolute Gasteiger partial charge is 0.346 e. The molecule has 136 valence electrons. The molecule has 1 unspecified atom stereocenters. The monoisotopic (exact) mass is 375 g/mol. The first kappa shape index (κ1) is 16.6. The maximum absolute atomic E-state index is 13.0. The van der Waals surface area contributed by atoms with E-state index in [-0.39, 0.29) is 12.3 Å². The molecule has 4 rings (SSSR count). The lowest BCUT2D eigenvalue weighted by Crippen LogP contribution is -2.35. The Morgan fingerprint density at radius 3 is 3.04 bits per heavy atom. The van der Waals surface area contributed by atoms with Crippen molar-refractivity contribution in [3.05, 3.63) is 24.3 Å². The van der Waals surface area contributed by atoms with Crippen molar-refractivity contribution in [2.45, 2.75) is 31.3 Å². The molecule has 0 radical (unpaired) electrons. The van der Waals surface area contributed by atoms with Crippen LogP contribution in [0.25, 0.3) is 5.65 Å². The van der Waals surface area contributed by atoms with Gasteiger partial charge in [-0.2, -0.15) is 14.0 Å². The summed E-state index contributed by atoms with van der Waals surface area (Å²) in [6, 6.07) is 0. The van der Waals surface area contributed by atoms with Crippen molar-refractivity contribution in [3.63, 3.8) is 0 Å². The van der Waals surface area contributed by atoms with E-state index in [1.165, 1.54) is 6.26 Å². The van der Waals surface area contributed by atoms with E-state index in [4.69, 9.17) is 0 Å². The van der Waals surface area contributed by atoms with Gasteiger partial charge in [0.25, 0.3) is 5.91 Å². The zero-order chi connectivity index (χ0) is 18.3. The van der Waals surface area contributed by atoms with Crippen LogP contribution in [-0.2, 0) is 27.6 Å². The van der Waals surface area contributed by atoms with Crippen molar-refractivity contribution in [2.24, 2.45) is 4.36 Å². The van der Waals surface area contributed by atoms with E-state index in [0.29, 0.717) is 36.0 Å². The molecule has 3 aromatic heterocycles. The maximum Gasteiger partial charge on any atom is 0.253 e. The molecule has 1 aliphatic rings. The fourth-order valence-electron chi connectivity index (χ4n) is 2.92. The second-order valence-corrected chi connectivity index (χ2v) is 8.17. The molecule has 26 heavy (non-hydrogen) atoms. The number of anilines is 1. The van der Waals surface area contributed by atoms with Gasteiger partial charge in [0.05, 0.1) is 45.8 Å². The van der Waals surface area contributed by atoms with Crippen LogP contribution in [0.4, 0.5) is 5.82 Å². The Bertz CT molecular complexity index is 1110. The molecule has 11 nitrogen and oxygen atoms in total. The lowest BCUT2D eigenvalue weighted by atomic mass is 10.3. The summed E-state index contributed by atoms with van der Waals surface area (Å²) >= 11 is 0. The van der Waals surface area contributed by atoms with Crippen LogP contribution in [0.3, 0.4) is 0 Å². The van der Waals surface area contributed by atoms with Gasteiger partial charge >= 0.3 is 0 Å². The minimum atomic E-state index is -2.86. The van der Waals surface area contributed by atoms with E-state index in [2.05, 4.69) is 30.0 Å². The molecule has 1 atom stereocenters. The number of amides is 1. The molecule has 1 aliphatic heterocycles. The molecule has 1 amide bonds. The summed E-state index contributed by atoms with van der Waals surface area (Å²) in [5.74, 6) is 0.256. The quantitative estimate of drug-likeness (QED) is 0.633. The van der Waals surface area contributed by atoms with E-state index < -0.39 is 9.73 Å². The molecule has 0 aromatic carbocycles. The van der Waals surface area contributed by atoms with Crippen LogP contribution in [0.1, 0.15) is 19.0 Å². The molecule has 0 saturated carbocycles. The van der Waals surface area contributed by atoms with Gasteiger partial charge in [0, 0.05) is 25.4 Å². The van der Waals surface area contributed by atoms with E-state index in [1.807, 2.05) is 4.90 Å². The number of hydrogen-bond donors (Lipinski definition) is 0. The van der Waals surface area contributed by atoms with Crippen molar-refractivity contribution < 1.29 is 9.00 Å². The van der Waals surface area contributed by atoms with E-state index >= 15 is 0 Å². The predicted molar refractivity (Wildman–Crippen MR) is 91.9 cm³/mol. The van der Waals surface area contributed by atoms with Gasteiger partial charge in [-0.3, -0.25) is 9.48 Å². The molecule has 0 bridgehead atoms. The Hall–Kier alpha value is -2.89. The van der Waals surface area contributed by atoms with Crippen LogP contribution in [0, 0.1) is 0 Å². The third-order valence-electron chi connectivity index (χ3n) is 4.22.